The number of hydrogen-bond acceptors (Lipinski definition) is 6. The maximum atomic E-state index is 13.7. The maximum absolute atomic E-state index is 13.7. The number of urea groups is 1. The molecule has 0 aliphatic carbocycles. The number of alkyl halides is 3. The third-order valence-electron chi connectivity index (χ3n) is 6.82. The Labute approximate surface area is 221 Å². The van der Waals surface area contributed by atoms with Crippen LogP contribution in [0.3, 0.4) is 0 Å². The number of nitrogens with one attached hydrogen (secondary N) is 1. The summed E-state index contributed by atoms with van der Waals surface area (Å²) in [5.41, 5.74) is 1.37. The van der Waals surface area contributed by atoms with Crippen LogP contribution in [-0.4, -0.2) is 73.5 Å². The van der Waals surface area contributed by atoms with E-state index >= 15 is 0 Å². The summed E-state index contributed by atoms with van der Waals surface area (Å²) in [6, 6.07) is 9.76. The van der Waals surface area contributed by atoms with Crippen LogP contribution in [0.25, 0.3) is 0 Å². The van der Waals surface area contributed by atoms with E-state index in [9.17, 15) is 36.8 Å². The average molecular weight is 552 g/mol. The van der Waals surface area contributed by atoms with Gasteiger partial charge in [0.25, 0.3) is 0 Å². The number of rotatable bonds is 7. The van der Waals surface area contributed by atoms with Gasteiger partial charge in [0.1, 0.15) is 18.7 Å². The molecule has 2 fully saturated rings. The Morgan fingerprint density at radius 2 is 1.85 bits per heavy atom. The van der Waals surface area contributed by atoms with E-state index < -0.39 is 48.6 Å². The van der Waals surface area contributed by atoms with Gasteiger partial charge in [-0.15, -0.1) is 0 Å². The molecular formula is C26H26F5N5O3. The summed E-state index contributed by atoms with van der Waals surface area (Å²) >= 11 is 0. The van der Waals surface area contributed by atoms with E-state index in [0.717, 1.165) is 17.8 Å². The zero-order valence-electron chi connectivity index (χ0n) is 20.8. The highest BCUT2D eigenvalue weighted by atomic mass is 19.4. The number of cyclic esters (lactones) is 1. The van der Waals surface area contributed by atoms with Crippen LogP contribution in [0.5, 0.6) is 0 Å². The predicted molar refractivity (Wildman–Crippen MR) is 130 cm³/mol. The van der Waals surface area contributed by atoms with Gasteiger partial charge in [-0.1, -0.05) is 18.2 Å². The van der Waals surface area contributed by atoms with Crippen molar-refractivity contribution in [2.75, 3.05) is 44.2 Å². The lowest BCUT2D eigenvalue weighted by atomic mass is 10.0. The van der Waals surface area contributed by atoms with E-state index in [0.29, 0.717) is 36.4 Å². The molecule has 0 radical (unpaired) electrons. The Hall–Kier alpha value is -3.92. The fourth-order valence-corrected chi connectivity index (χ4v) is 4.94. The van der Waals surface area contributed by atoms with Gasteiger partial charge in [0, 0.05) is 32.2 Å². The molecule has 2 aromatic carbocycles. The van der Waals surface area contributed by atoms with Crippen molar-refractivity contribution in [1.29, 1.82) is 5.26 Å². The summed E-state index contributed by atoms with van der Waals surface area (Å²) in [4.78, 5) is 28.9. The quantitative estimate of drug-likeness (QED) is 0.508. The van der Waals surface area contributed by atoms with Crippen LogP contribution in [0.4, 0.5) is 37.2 Å². The molecule has 0 bridgehead atoms. The number of halogens is 5. The number of amides is 3. The highest BCUT2D eigenvalue weighted by molar-refractivity contribution is 5.92. The Kier molecular flexibility index (Phi) is 8.54. The van der Waals surface area contributed by atoms with Crippen molar-refractivity contribution in [3.63, 3.8) is 0 Å². The standard InChI is InChI=1S/C26H26F5N5O3/c27-20-6-5-17(13-21(20)28)23-15-39-25(38)36(23)24(37)33-9-12-35(16-26(29,30)31)19-7-10-34(11-8-19)22-4-2-1-3-18(22)14-32/h1-6,13,19,23H,7-12,15-16H2,(H,33,37). The van der Waals surface area contributed by atoms with Gasteiger partial charge in [-0.2, -0.15) is 18.4 Å². The SMILES string of the molecule is N#Cc1ccccc1N1CCC(N(CCNC(=O)N2C(=O)OCC2c2ccc(F)c(F)c2)CC(F)(F)F)CC1. The number of anilines is 1. The Morgan fingerprint density at radius 3 is 2.51 bits per heavy atom. The molecule has 208 valence electrons. The minimum absolute atomic E-state index is 0.135. The van der Waals surface area contributed by atoms with Gasteiger partial charge in [0.2, 0.25) is 0 Å². The summed E-state index contributed by atoms with van der Waals surface area (Å²) in [7, 11) is 0. The molecule has 2 aromatic rings. The molecule has 39 heavy (non-hydrogen) atoms. The van der Waals surface area contributed by atoms with Crippen LogP contribution < -0.4 is 10.2 Å². The topological polar surface area (TPSA) is 88.9 Å². The molecule has 2 heterocycles. The highest BCUT2D eigenvalue weighted by Crippen LogP contribution is 2.30. The first kappa shape index (κ1) is 28.1. The van der Waals surface area contributed by atoms with E-state index in [4.69, 9.17) is 4.74 Å². The van der Waals surface area contributed by atoms with Gasteiger partial charge in [-0.3, -0.25) is 4.90 Å². The van der Waals surface area contributed by atoms with Crippen molar-refractivity contribution in [3.05, 3.63) is 65.2 Å². The number of nitrogens with zero attached hydrogens (tertiary/aromatic N) is 4. The lowest BCUT2D eigenvalue weighted by Gasteiger charge is -2.40. The number of nitriles is 1. The summed E-state index contributed by atoms with van der Waals surface area (Å²) in [6.07, 6.45) is -4.63. The molecule has 0 aromatic heterocycles. The number of para-hydroxylation sites is 1. The average Bonchev–Trinajstić information content (AvgIpc) is 3.30. The number of piperidine rings is 1. The lowest BCUT2D eigenvalue weighted by molar-refractivity contribution is -0.151. The molecule has 0 saturated carbocycles. The second kappa shape index (κ2) is 11.9. The smallest absolute Gasteiger partial charge is 0.418 e. The molecule has 2 aliphatic rings. The fraction of sp³-hybridized carbons (Fsp3) is 0.423. The first-order valence-corrected chi connectivity index (χ1v) is 12.3. The Bertz CT molecular complexity index is 1240. The molecule has 2 aliphatic heterocycles. The van der Waals surface area contributed by atoms with E-state index in [1.54, 1.807) is 24.3 Å². The molecule has 0 spiro atoms. The normalized spacial score (nSPS) is 18.3. The number of imide groups is 1. The largest absolute Gasteiger partial charge is 0.446 e. The molecular weight excluding hydrogens is 525 g/mol. The number of carbonyl (C=O) groups is 2. The van der Waals surface area contributed by atoms with Gasteiger partial charge in [0.15, 0.2) is 11.6 Å². The van der Waals surface area contributed by atoms with E-state index in [1.165, 1.54) is 11.0 Å². The molecule has 1 unspecified atom stereocenters. The van der Waals surface area contributed by atoms with Crippen LogP contribution in [0, 0.1) is 23.0 Å². The number of hydrogen-bond donors (Lipinski definition) is 1. The Morgan fingerprint density at radius 1 is 1.13 bits per heavy atom. The number of carbonyl (C=O) groups excluding carboxylic acids is 2. The van der Waals surface area contributed by atoms with Crippen molar-refractivity contribution in [1.82, 2.24) is 15.1 Å². The molecule has 3 amide bonds. The minimum Gasteiger partial charge on any atom is -0.446 e. The molecule has 1 atom stereocenters. The molecule has 2 saturated heterocycles. The predicted octanol–water partition coefficient (Wildman–Crippen LogP) is 4.57. The van der Waals surface area contributed by atoms with E-state index in [2.05, 4.69) is 11.4 Å². The number of benzene rings is 2. The monoisotopic (exact) mass is 551 g/mol. The first-order chi connectivity index (χ1) is 18.6. The lowest BCUT2D eigenvalue weighted by Crippen LogP contribution is -2.51. The zero-order valence-corrected chi connectivity index (χ0v) is 20.8. The molecule has 4 rings (SSSR count). The second-order valence-electron chi connectivity index (χ2n) is 9.30. The summed E-state index contributed by atoms with van der Waals surface area (Å²) < 4.78 is 72.0. The van der Waals surface area contributed by atoms with E-state index in [-0.39, 0.29) is 25.3 Å². The van der Waals surface area contributed by atoms with Gasteiger partial charge in [-0.05, 0) is 42.7 Å². The fourth-order valence-electron chi connectivity index (χ4n) is 4.94. The summed E-state index contributed by atoms with van der Waals surface area (Å²) in [5, 5.41) is 11.8. The summed E-state index contributed by atoms with van der Waals surface area (Å²) in [5.74, 6) is -2.25. The van der Waals surface area contributed by atoms with Gasteiger partial charge >= 0.3 is 18.3 Å². The van der Waals surface area contributed by atoms with Crippen LogP contribution in [0.1, 0.15) is 30.0 Å². The third-order valence-corrected chi connectivity index (χ3v) is 6.82. The molecule has 1 N–H and O–H groups in total. The first-order valence-electron chi connectivity index (χ1n) is 12.3. The van der Waals surface area contributed by atoms with Crippen LogP contribution in [0.2, 0.25) is 0 Å². The van der Waals surface area contributed by atoms with Crippen LogP contribution in [0.15, 0.2) is 42.5 Å². The van der Waals surface area contributed by atoms with Gasteiger partial charge in [0.05, 0.1) is 17.8 Å². The van der Waals surface area contributed by atoms with Crippen LogP contribution in [-0.2, 0) is 4.74 Å². The van der Waals surface area contributed by atoms with Gasteiger partial charge in [-0.25, -0.2) is 23.3 Å². The van der Waals surface area contributed by atoms with E-state index in [1.807, 2.05) is 4.90 Å². The maximum Gasteiger partial charge on any atom is 0.418 e. The molecule has 13 heteroatoms. The van der Waals surface area contributed by atoms with Gasteiger partial charge < -0.3 is 15.0 Å². The van der Waals surface area contributed by atoms with Crippen molar-refractivity contribution in [3.8, 4) is 6.07 Å². The number of ether oxygens (including phenoxy) is 1. The Balaban J connectivity index is 1.37. The second-order valence-corrected chi connectivity index (χ2v) is 9.30. The van der Waals surface area contributed by atoms with Crippen LogP contribution >= 0.6 is 0 Å². The third kappa shape index (κ3) is 6.75. The zero-order chi connectivity index (χ0) is 28.2. The van der Waals surface area contributed by atoms with Crippen molar-refractivity contribution in [2.24, 2.45) is 0 Å². The summed E-state index contributed by atoms with van der Waals surface area (Å²) in [6.45, 7) is -0.861. The van der Waals surface area contributed by atoms with Crippen molar-refractivity contribution in [2.45, 2.75) is 31.1 Å². The van der Waals surface area contributed by atoms with Crippen molar-refractivity contribution < 1.29 is 36.3 Å². The minimum atomic E-state index is -4.47. The highest BCUT2D eigenvalue weighted by Gasteiger charge is 2.40. The van der Waals surface area contributed by atoms with Crippen molar-refractivity contribution >= 4 is 17.8 Å². The molecule has 8 nitrogen and oxygen atoms in total.